The molecule has 1 saturated carbocycles. The molecule has 0 bridgehead atoms. The van der Waals surface area contributed by atoms with Crippen LogP contribution in [-0.4, -0.2) is 21.5 Å². The number of anilines is 1. The topological polar surface area (TPSA) is 58.2 Å². The van der Waals surface area contributed by atoms with E-state index in [1.165, 1.54) is 0 Å². The monoisotopic (exact) mass is 268 g/mol. The van der Waals surface area contributed by atoms with Crippen LogP contribution in [0.3, 0.4) is 0 Å². The molecule has 0 spiro atoms. The lowest BCUT2D eigenvalue weighted by Gasteiger charge is -2.13. The molecule has 1 aliphatic carbocycles. The highest BCUT2D eigenvalue weighted by Crippen LogP contribution is 2.26. The molecule has 2 unspecified atom stereocenters. The third kappa shape index (κ3) is 3.03. The summed E-state index contributed by atoms with van der Waals surface area (Å²) in [5.74, 6) is 0.615. The molecule has 1 fully saturated rings. The highest BCUT2D eigenvalue weighted by Gasteiger charge is 2.26. The maximum Gasteiger partial charge on any atom is 0.240 e. The van der Waals surface area contributed by atoms with Crippen molar-refractivity contribution >= 4 is 15.7 Å². The Morgan fingerprint density at radius 1 is 1.17 bits per heavy atom. The molecule has 1 aliphatic rings. The first-order chi connectivity index (χ1) is 8.51. The largest absolute Gasteiger partial charge is 0.388 e. The summed E-state index contributed by atoms with van der Waals surface area (Å²) in [5, 5.41) is 2.97. The second-order valence-corrected chi connectivity index (χ2v) is 6.72. The summed E-state index contributed by atoms with van der Waals surface area (Å²) in [6.45, 7) is 2.16. The van der Waals surface area contributed by atoms with Crippen molar-refractivity contribution in [1.82, 2.24) is 4.72 Å². The molecule has 0 radical (unpaired) electrons. The van der Waals surface area contributed by atoms with E-state index in [0.717, 1.165) is 24.9 Å². The second-order valence-electron chi connectivity index (χ2n) is 5.01. The van der Waals surface area contributed by atoms with Crippen LogP contribution < -0.4 is 10.0 Å². The Kier molecular flexibility index (Phi) is 3.92. The molecule has 1 aromatic carbocycles. The molecule has 2 atom stereocenters. The van der Waals surface area contributed by atoms with Crippen LogP contribution in [0.4, 0.5) is 5.69 Å². The predicted molar refractivity (Wildman–Crippen MR) is 73.1 cm³/mol. The first-order valence-electron chi connectivity index (χ1n) is 6.31. The smallest absolute Gasteiger partial charge is 0.240 e. The fourth-order valence-electron chi connectivity index (χ4n) is 2.40. The van der Waals surface area contributed by atoms with Crippen molar-refractivity contribution in [2.24, 2.45) is 5.92 Å². The van der Waals surface area contributed by atoms with E-state index < -0.39 is 10.0 Å². The lowest BCUT2D eigenvalue weighted by Crippen LogP contribution is -2.32. The van der Waals surface area contributed by atoms with E-state index in [9.17, 15) is 8.42 Å². The molecule has 2 rings (SSSR count). The minimum Gasteiger partial charge on any atom is -0.388 e. The van der Waals surface area contributed by atoms with Gasteiger partial charge in [-0.1, -0.05) is 6.92 Å². The molecule has 18 heavy (non-hydrogen) atoms. The van der Waals surface area contributed by atoms with Crippen LogP contribution in [0.25, 0.3) is 0 Å². The van der Waals surface area contributed by atoms with Crippen LogP contribution >= 0.6 is 0 Å². The van der Waals surface area contributed by atoms with Crippen LogP contribution in [0.1, 0.15) is 26.2 Å². The number of hydrogen-bond acceptors (Lipinski definition) is 3. The van der Waals surface area contributed by atoms with E-state index in [0.29, 0.717) is 10.8 Å². The molecule has 0 aromatic heterocycles. The van der Waals surface area contributed by atoms with Gasteiger partial charge in [0.15, 0.2) is 0 Å². The Bertz CT molecular complexity index is 496. The molecule has 0 amide bonds. The molecule has 0 saturated heterocycles. The van der Waals surface area contributed by atoms with Crippen LogP contribution in [0.15, 0.2) is 29.2 Å². The average Bonchev–Trinajstić information content (AvgIpc) is 2.74. The van der Waals surface area contributed by atoms with Gasteiger partial charge in [-0.25, -0.2) is 13.1 Å². The van der Waals surface area contributed by atoms with Crippen LogP contribution in [-0.2, 0) is 10.0 Å². The first-order valence-corrected chi connectivity index (χ1v) is 7.80. The zero-order chi connectivity index (χ0) is 13.2. The summed E-state index contributed by atoms with van der Waals surface area (Å²) in [6.07, 6.45) is 2.98. The van der Waals surface area contributed by atoms with Crippen molar-refractivity contribution in [1.29, 1.82) is 0 Å². The van der Waals surface area contributed by atoms with Gasteiger partial charge in [0.2, 0.25) is 10.0 Å². The SMILES string of the molecule is CNc1ccc(S(=O)(=O)NC2CCC(C)C2)cc1. The Hall–Kier alpha value is -1.07. The van der Waals surface area contributed by atoms with Crippen molar-refractivity contribution in [2.75, 3.05) is 12.4 Å². The van der Waals surface area contributed by atoms with Gasteiger partial charge >= 0.3 is 0 Å². The van der Waals surface area contributed by atoms with Gasteiger partial charge in [0, 0.05) is 18.8 Å². The maximum atomic E-state index is 12.2. The highest BCUT2D eigenvalue weighted by molar-refractivity contribution is 7.89. The Labute approximate surface area is 109 Å². The van der Waals surface area contributed by atoms with Gasteiger partial charge in [0.05, 0.1) is 4.90 Å². The number of sulfonamides is 1. The molecule has 1 aromatic rings. The summed E-state index contributed by atoms with van der Waals surface area (Å²) >= 11 is 0. The zero-order valence-electron chi connectivity index (χ0n) is 10.8. The lowest BCUT2D eigenvalue weighted by molar-refractivity contribution is 0.538. The summed E-state index contributed by atoms with van der Waals surface area (Å²) < 4.78 is 27.1. The van der Waals surface area contributed by atoms with Gasteiger partial charge in [0.25, 0.3) is 0 Å². The van der Waals surface area contributed by atoms with E-state index >= 15 is 0 Å². The van der Waals surface area contributed by atoms with Crippen LogP contribution in [0, 0.1) is 5.92 Å². The third-order valence-corrected chi connectivity index (χ3v) is 5.01. The van der Waals surface area contributed by atoms with Crippen molar-refractivity contribution in [2.45, 2.75) is 37.1 Å². The molecule has 0 aliphatic heterocycles. The molecule has 2 N–H and O–H groups in total. The summed E-state index contributed by atoms with van der Waals surface area (Å²) in [7, 11) is -1.56. The quantitative estimate of drug-likeness (QED) is 0.880. The molecule has 4 nitrogen and oxygen atoms in total. The molecule has 100 valence electrons. The number of hydrogen-bond donors (Lipinski definition) is 2. The van der Waals surface area contributed by atoms with Crippen molar-refractivity contribution in [3.8, 4) is 0 Å². The van der Waals surface area contributed by atoms with Crippen LogP contribution in [0.2, 0.25) is 0 Å². The fraction of sp³-hybridized carbons (Fsp3) is 0.538. The lowest BCUT2D eigenvalue weighted by atomic mass is 10.1. The molecular weight excluding hydrogens is 248 g/mol. The molecule has 0 heterocycles. The number of rotatable bonds is 4. The Balaban J connectivity index is 2.10. The minimum absolute atomic E-state index is 0.0916. The Morgan fingerprint density at radius 2 is 1.83 bits per heavy atom. The fourth-order valence-corrected chi connectivity index (χ4v) is 3.69. The van der Waals surface area contributed by atoms with Gasteiger partial charge in [-0.3, -0.25) is 0 Å². The van der Waals surface area contributed by atoms with Gasteiger partial charge in [-0.15, -0.1) is 0 Å². The standard InChI is InChI=1S/C13H20N2O2S/c1-10-3-4-12(9-10)15-18(16,17)13-7-5-11(14-2)6-8-13/h5-8,10,12,14-15H,3-4,9H2,1-2H3. The number of benzene rings is 1. The second kappa shape index (κ2) is 5.28. The summed E-state index contributed by atoms with van der Waals surface area (Å²) in [4.78, 5) is 0.334. The first kappa shape index (κ1) is 13.4. The van der Waals surface area contributed by atoms with Crippen molar-refractivity contribution in [3.05, 3.63) is 24.3 Å². The minimum atomic E-state index is -3.37. The van der Waals surface area contributed by atoms with Crippen LogP contribution in [0.5, 0.6) is 0 Å². The maximum absolute atomic E-state index is 12.2. The highest BCUT2D eigenvalue weighted by atomic mass is 32.2. The molecular formula is C13H20N2O2S. The third-order valence-electron chi connectivity index (χ3n) is 3.47. The summed E-state index contributed by atoms with van der Waals surface area (Å²) in [5.41, 5.74) is 0.906. The van der Waals surface area contributed by atoms with Gasteiger partial charge in [-0.2, -0.15) is 0 Å². The van der Waals surface area contributed by atoms with Gasteiger partial charge in [0.1, 0.15) is 0 Å². The number of nitrogens with one attached hydrogen (secondary N) is 2. The van der Waals surface area contributed by atoms with Crippen molar-refractivity contribution in [3.63, 3.8) is 0 Å². The Morgan fingerprint density at radius 3 is 2.33 bits per heavy atom. The van der Waals surface area contributed by atoms with E-state index in [-0.39, 0.29) is 6.04 Å². The van der Waals surface area contributed by atoms with E-state index in [2.05, 4.69) is 17.0 Å². The van der Waals surface area contributed by atoms with Gasteiger partial charge in [-0.05, 0) is 49.4 Å². The average molecular weight is 268 g/mol. The summed E-state index contributed by atoms with van der Waals surface area (Å²) in [6, 6.07) is 6.89. The van der Waals surface area contributed by atoms with E-state index in [1.807, 2.05) is 7.05 Å². The zero-order valence-corrected chi connectivity index (χ0v) is 11.6. The van der Waals surface area contributed by atoms with E-state index in [4.69, 9.17) is 0 Å². The predicted octanol–water partition coefficient (Wildman–Crippen LogP) is 2.20. The van der Waals surface area contributed by atoms with Crippen molar-refractivity contribution < 1.29 is 8.42 Å². The molecule has 5 heteroatoms. The normalized spacial score (nSPS) is 24.1. The van der Waals surface area contributed by atoms with E-state index in [1.54, 1.807) is 24.3 Å². The van der Waals surface area contributed by atoms with Gasteiger partial charge < -0.3 is 5.32 Å².